The molecule has 0 N–H and O–H groups in total. The molecular formula is C31H38N4O3. The summed E-state index contributed by atoms with van der Waals surface area (Å²) in [5.41, 5.74) is 3.27. The number of hydrogen-bond donors (Lipinski definition) is 0. The molecule has 0 amide bonds. The number of aromatic nitrogens is 2. The van der Waals surface area contributed by atoms with E-state index in [4.69, 9.17) is 9.47 Å². The molecule has 1 aliphatic heterocycles. The zero-order valence-electron chi connectivity index (χ0n) is 22.9. The highest BCUT2D eigenvalue weighted by Crippen LogP contribution is 2.49. The van der Waals surface area contributed by atoms with Crippen molar-refractivity contribution < 1.29 is 14.3 Å². The van der Waals surface area contributed by atoms with Gasteiger partial charge in [-0.3, -0.25) is 4.98 Å². The topological polar surface area (TPSA) is 67.8 Å². The summed E-state index contributed by atoms with van der Waals surface area (Å²) >= 11 is 0. The van der Waals surface area contributed by atoms with Crippen LogP contribution in [0.25, 0.3) is 0 Å². The minimum absolute atomic E-state index is 0.242. The zero-order chi connectivity index (χ0) is 26.7. The first-order chi connectivity index (χ1) is 18.5. The minimum Gasteiger partial charge on any atom is -0.493 e. The molecule has 1 fully saturated rings. The SMILES string of the molecule is CCOc1cc(N(CC)CC)ccc1C1(c2ccc(N(C)C3CCCCC3)cc2)OC(=O)c2nccnc21. The van der Waals surface area contributed by atoms with Gasteiger partial charge in [0, 0.05) is 67.1 Å². The number of rotatable bonds is 9. The first-order valence-corrected chi connectivity index (χ1v) is 13.9. The molecule has 1 aliphatic carbocycles. The van der Waals surface area contributed by atoms with E-state index in [2.05, 4.69) is 71.0 Å². The molecule has 0 radical (unpaired) electrons. The number of fused-ring (bicyclic) bond motifs is 1. The number of nitrogens with zero attached hydrogens (tertiary/aromatic N) is 4. The summed E-state index contributed by atoms with van der Waals surface area (Å²) in [5, 5.41) is 0. The van der Waals surface area contributed by atoms with Gasteiger partial charge in [-0.2, -0.15) is 0 Å². The standard InChI is InChI=1S/C31H38N4O3/c1-5-35(6-2)25-17-18-26(27(21-25)37-7-3)31(29-28(30(36)38-31)32-19-20-33-29)22-13-15-24(16-14-22)34(4)23-11-9-8-10-12-23/h13-21,23H,5-12H2,1-4H3. The van der Waals surface area contributed by atoms with E-state index in [0.717, 1.165) is 35.6 Å². The Morgan fingerprint density at radius 2 is 1.63 bits per heavy atom. The highest BCUT2D eigenvalue weighted by molar-refractivity contribution is 5.93. The molecule has 7 nitrogen and oxygen atoms in total. The van der Waals surface area contributed by atoms with E-state index < -0.39 is 11.6 Å². The molecule has 0 spiro atoms. The number of benzene rings is 2. The zero-order valence-corrected chi connectivity index (χ0v) is 22.9. The van der Waals surface area contributed by atoms with Gasteiger partial charge in [0.15, 0.2) is 5.69 Å². The van der Waals surface area contributed by atoms with Crippen molar-refractivity contribution in [2.24, 2.45) is 0 Å². The molecule has 1 saturated carbocycles. The molecule has 2 aromatic carbocycles. The Kier molecular flexibility index (Phi) is 7.54. The second kappa shape index (κ2) is 11.0. The summed E-state index contributed by atoms with van der Waals surface area (Å²) in [5.74, 6) is 0.193. The Balaban J connectivity index is 1.64. The quantitative estimate of drug-likeness (QED) is 0.327. The number of carbonyl (C=O) groups excluding carboxylic acids is 1. The lowest BCUT2D eigenvalue weighted by Gasteiger charge is -2.34. The molecule has 1 atom stereocenters. The monoisotopic (exact) mass is 514 g/mol. The average molecular weight is 515 g/mol. The van der Waals surface area contributed by atoms with Gasteiger partial charge < -0.3 is 19.3 Å². The molecule has 200 valence electrons. The fourth-order valence-corrected chi connectivity index (χ4v) is 5.99. The third kappa shape index (κ3) is 4.48. The summed E-state index contributed by atoms with van der Waals surface area (Å²) < 4.78 is 12.5. The van der Waals surface area contributed by atoms with Gasteiger partial charge in [-0.15, -0.1) is 0 Å². The number of carbonyl (C=O) groups is 1. The van der Waals surface area contributed by atoms with Gasteiger partial charge in [0.25, 0.3) is 0 Å². The molecule has 2 heterocycles. The van der Waals surface area contributed by atoms with Crippen LogP contribution in [0.2, 0.25) is 0 Å². The number of esters is 1. The largest absolute Gasteiger partial charge is 0.493 e. The lowest BCUT2D eigenvalue weighted by Crippen LogP contribution is -2.34. The Morgan fingerprint density at radius 3 is 2.32 bits per heavy atom. The van der Waals surface area contributed by atoms with Gasteiger partial charge in [-0.05, 0) is 57.9 Å². The Bertz CT molecular complexity index is 1270. The van der Waals surface area contributed by atoms with Crippen LogP contribution in [-0.2, 0) is 10.3 Å². The number of anilines is 2. The van der Waals surface area contributed by atoms with E-state index >= 15 is 0 Å². The fraction of sp³-hybridized carbons (Fsp3) is 0.452. The van der Waals surface area contributed by atoms with Crippen molar-refractivity contribution in [2.75, 3.05) is 36.5 Å². The lowest BCUT2D eigenvalue weighted by molar-refractivity contribution is 0.0233. The molecule has 0 bridgehead atoms. The molecule has 5 rings (SSSR count). The van der Waals surface area contributed by atoms with Crippen LogP contribution in [0.5, 0.6) is 5.75 Å². The van der Waals surface area contributed by atoms with E-state index in [1.54, 1.807) is 6.20 Å². The fourth-order valence-electron chi connectivity index (χ4n) is 5.99. The van der Waals surface area contributed by atoms with Crippen molar-refractivity contribution in [3.8, 4) is 5.75 Å². The van der Waals surface area contributed by atoms with E-state index in [9.17, 15) is 4.79 Å². The summed E-state index contributed by atoms with van der Waals surface area (Å²) in [4.78, 5) is 26.8. The Labute approximate surface area is 225 Å². The molecule has 38 heavy (non-hydrogen) atoms. The Morgan fingerprint density at radius 1 is 0.947 bits per heavy atom. The van der Waals surface area contributed by atoms with Gasteiger partial charge in [-0.25, -0.2) is 9.78 Å². The van der Waals surface area contributed by atoms with Crippen LogP contribution in [0.3, 0.4) is 0 Å². The van der Waals surface area contributed by atoms with Gasteiger partial charge in [0.2, 0.25) is 5.60 Å². The van der Waals surface area contributed by atoms with Gasteiger partial charge in [-0.1, -0.05) is 31.4 Å². The van der Waals surface area contributed by atoms with Crippen LogP contribution < -0.4 is 14.5 Å². The maximum atomic E-state index is 13.2. The van der Waals surface area contributed by atoms with Crippen LogP contribution in [-0.4, -0.2) is 48.7 Å². The smallest absolute Gasteiger partial charge is 0.360 e. The highest BCUT2D eigenvalue weighted by Gasteiger charge is 2.52. The van der Waals surface area contributed by atoms with Crippen molar-refractivity contribution in [3.63, 3.8) is 0 Å². The maximum Gasteiger partial charge on any atom is 0.360 e. The van der Waals surface area contributed by atoms with Crippen LogP contribution in [0.15, 0.2) is 54.9 Å². The molecule has 2 aliphatic rings. The first-order valence-electron chi connectivity index (χ1n) is 13.9. The third-order valence-electron chi connectivity index (χ3n) is 8.05. The van der Waals surface area contributed by atoms with E-state index in [-0.39, 0.29) is 5.69 Å². The summed E-state index contributed by atoms with van der Waals surface area (Å²) in [6, 6.07) is 15.0. The normalized spacial score (nSPS) is 19.1. The summed E-state index contributed by atoms with van der Waals surface area (Å²) in [7, 11) is 2.18. The van der Waals surface area contributed by atoms with Crippen LogP contribution in [0.1, 0.15) is 80.2 Å². The maximum absolute atomic E-state index is 13.2. The van der Waals surface area contributed by atoms with Gasteiger partial charge in [0.1, 0.15) is 11.4 Å². The average Bonchev–Trinajstić information content (AvgIpc) is 3.27. The highest BCUT2D eigenvalue weighted by atomic mass is 16.6. The van der Waals surface area contributed by atoms with E-state index in [1.807, 2.05) is 19.1 Å². The Hall–Kier alpha value is -3.61. The molecule has 1 unspecified atom stereocenters. The van der Waals surface area contributed by atoms with Crippen LogP contribution in [0.4, 0.5) is 11.4 Å². The molecule has 1 aromatic heterocycles. The second-order valence-electron chi connectivity index (χ2n) is 10.1. The third-order valence-corrected chi connectivity index (χ3v) is 8.05. The molecular weight excluding hydrogens is 476 g/mol. The molecule has 0 saturated heterocycles. The summed E-state index contributed by atoms with van der Waals surface area (Å²) in [6.45, 7) is 8.48. The van der Waals surface area contributed by atoms with Crippen molar-refractivity contribution in [2.45, 2.75) is 64.5 Å². The predicted octanol–water partition coefficient (Wildman–Crippen LogP) is 5.95. The number of ether oxygens (including phenoxy) is 2. The van der Waals surface area contributed by atoms with E-state index in [1.165, 1.54) is 38.3 Å². The lowest BCUT2D eigenvalue weighted by atomic mass is 9.82. The predicted molar refractivity (Wildman–Crippen MR) is 150 cm³/mol. The summed E-state index contributed by atoms with van der Waals surface area (Å²) in [6.07, 6.45) is 9.49. The first kappa shape index (κ1) is 26.0. The molecule has 3 aromatic rings. The number of cyclic esters (lactones) is 1. The number of hydrogen-bond acceptors (Lipinski definition) is 7. The van der Waals surface area contributed by atoms with Crippen molar-refractivity contribution in [1.29, 1.82) is 0 Å². The minimum atomic E-state index is -1.26. The van der Waals surface area contributed by atoms with Gasteiger partial charge in [0.05, 0.1) is 6.61 Å². The van der Waals surface area contributed by atoms with Crippen LogP contribution in [0, 0.1) is 0 Å². The van der Waals surface area contributed by atoms with Gasteiger partial charge >= 0.3 is 5.97 Å². The second-order valence-corrected chi connectivity index (χ2v) is 10.1. The van der Waals surface area contributed by atoms with Crippen molar-refractivity contribution >= 4 is 17.3 Å². The molecule has 7 heteroatoms. The van der Waals surface area contributed by atoms with Crippen molar-refractivity contribution in [3.05, 3.63) is 77.4 Å². The van der Waals surface area contributed by atoms with Crippen molar-refractivity contribution in [1.82, 2.24) is 9.97 Å². The van der Waals surface area contributed by atoms with Crippen LogP contribution >= 0.6 is 0 Å². The van der Waals surface area contributed by atoms with E-state index in [0.29, 0.717) is 24.1 Å².